The molecule has 0 fully saturated rings. The molecular formula is C18H23NS. The van der Waals surface area contributed by atoms with Crippen LogP contribution in [0.2, 0.25) is 0 Å². The fraction of sp³-hybridized carbons (Fsp3) is 0.333. The van der Waals surface area contributed by atoms with Crippen LogP contribution in [-0.4, -0.2) is 19.3 Å². The number of nitrogens with one attached hydrogen (secondary N) is 1. The molecule has 0 amide bonds. The van der Waals surface area contributed by atoms with E-state index in [4.69, 9.17) is 0 Å². The topological polar surface area (TPSA) is 12.0 Å². The average Bonchev–Trinajstić information content (AvgIpc) is 2.47. The fourth-order valence-corrected chi connectivity index (χ4v) is 3.38. The Morgan fingerprint density at radius 1 is 1.05 bits per heavy atom. The van der Waals surface area contributed by atoms with Crippen LogP contribution in [0.5, 0.6) is 0 Å². The van der Waals surface area contributed by atoms with Crippen LogP contribution in [0.3, 0.4) is 0 Å². The fourth-order valence-electron chi connectivity index (χ4n) is 2.39. The molecule has 2 aromatic carbocycles. The number of hydrogen-bond donors (Lipinski definition) is 1. The molecule has 1 nitrogen and oxygen atoms in total. The Labute approximate surface area is 126 Å². The second-order valence-electron chi connectivity index (χ2n) is 5.12. The van der Waals surface area contributed by atoms with E-state index in [1.165, 1.54) is 22.4 Å². The summed E-state index contributed by atoms with van der Waals surface area (Å²) in [5.41, 5.74) is 2.80. The molecule has 1 atom stereocenters. The van der Waals surface area contributed by atoms with Gasteiger partial charge in [-0.3, -0.25) is 0 Å². The normalized spacial score (nSPS) is 12.3. The van der Waals surface area contributed by atoms with Crippen LogP contribution in [0, 0.1) is 6.92 Å². The molecule has 0 heterocycles. The quantitative estimate of drug-likeness (QED) is 0.753. The smallest absolute Gasteiger partial charge is 0.00719 e. The summed E-state index contributed by atoms with van der Waals surface area (Å²) in [5, 5.41) is 3.33. The maximum atomic E-state index is 3.33. The van der Waals surface area contributed by atoms with E-state index in [9.17, 15) is 0 Å². The van der Waals surface area contributed by atoms with Crippen molar-refractivity contribution in [3.63, 3.8) is 0 Å². The Hall–Kier alpha value is -1.25. The number of thioether (sulfide) groups is 1. The van der Waals surface area contributed by atoms with Crippen molar-refractivity contribution in [1.82, 2.24) is 5.32 Å². The lowest BCUT2D eigenvalue weighted by molar-refractivity contribution is 0.615. The summed E-state index contributed by atoms with van der Waals surface area (Å²) in [6.07, 6.45) is 1.20. The lowest BCUT2D eigenvalue weighted by Gasteiger charge is -2.17. The molecule has 0 aliphatic rings. The van der Waals surface area contributed by atoms with Crippen LogP contribution in [0.4, 0.5) is 0 Å². The third-order valence-corrected chi connectivity index (χ3v) is 4.49. The van der Waals surface area contributed by atoms with E-state index in [1.807, 2.05) is 18.8 Å². The second kappa shape index (κ2) is 8.13. The molecule has 2 aromatic rings. The van der Waals surface area contributed by atoms with Gasteiger partial charge in [-0.05, 0) is 49.8 Å². The molecular weight excluding hydrogens is 262 g/mol. The SMILES string of the molecule is CNCC(CCSc1ccccc1)c1cccc(C)c1. The van der Waals surface area contributed by atoms with Crippen molar-refractivity contribution in [3.8, 4) is 0 Å². The maximum absolute atomic E-state index is 3.33. The van der Waals surface area contributed by atoms with Crippen LogP contribution in [0.25, 0.3) is 0 Å². The van der Waals surface area contributed by atoms with E-state index in [1.54, 1.807) is 0 Å². The van der Waals surface area contributed by atoms with Gasteiger partial charge in [-0.25, -0.2) is 0 Å². The van der Waals surface area contributed by atoms with Crippen LogP contribution in [0.1, 0.15) is 23.5 Å². The minimum Gasteiger partial charge on any atom is -0.319 e. The Bertz CT molecular complexity index is 510. The van der Waals surface area contributed by atoms with E-state index in [-0.39, 0.29) is 0 Å². The molecule has 0 aliphatic heterocycles. The molecule has 0 aromatic heterocycles. The molecule has 20 heavy (non-hydrogen) atoms. The largest absolute Gasteiger partial charge is 0.319 e. The van der Waals surface area contributed by atoms with Gasteiger partial charge >= 0.3 is 0 Å². The van der Waals surface area contributed by atoms with E-state index in [0.29, 0.717) is 5.92 Å². The minimum atomic E-state index is 0.594. The Kier molecular flexibility index (Phi) is 6.16. The lowest BCUT2D eigenvalue weighted by atomic mass is 9.95. The Balaban J connectivity index is 1.92. The predicted molar refractivity (Wildman–Crippen MR) is 89.6 cm³/mol. The van der Waals surface area contributed by atoms with Crippen LogP contribution >= 0.6 is 11.8 Å². The maximum Gasteiger partial charge on any atom is 0.00719 e. The summed E-state index contributed by atoms with van der Waals surface area (Å²) in [5.74, 6) is 1.75. The van der Waals surface area contributed by atoms with E-state index in [2.05, 4.69) is 66.8 Å². The standard InChI is InChI=1S/C18H23NS/c1-15-7-6-8-16(13-15)17(14-19-2)11-12-20-18-9-4-3-5-10-18/h3-10,13,17,19H,11-12,14H2,1-2H3. The van der Waals surface area contributed by atoms with Gasteiger partial charge in [0.1, 0.15) is 0 Å². The van der Waals surface area contributed by atoms with Crippen molar-refractivity contribution in [2.45, 2.75) is 24.2 Å². The molecule has 0 bridgehead atoms. The minimum absolute atomic E-state index is 0.594. The molecule has 0 saturated carbocycles. The number of hydrogen-bond acceptors (Lipinski definition) is 2. The van der Waals surface area contributed by atoms with Gasteiger partial charge in [-0.2, -0.15) is 0 Å². The summed E-state index contributed by atoms with van der Waals surface area (Å²) >= 11 is 1.95. The van der Waals surface area contributed by atoms with Gasteiger partial charge in [0.05, 0.1) is 0 Å². The number of likely N-dealkylation sites (N-methyl/N-ethyl adjacent to an activating group) is 1. The first kappa shape index (κ1) is 15.1. The van der Waals surface area contributed by atoms with Gasteiger partial charge in [0.2, 0.25) is 0 Å². The van der Waals surface area contributed by atoms with Crippen molar-refractivity contribution >= 4 is 11.8 Å². The third-order valence-electron chi connectivity index (χ3n) is 3.44. The van der Waals surface area contributed by atoms with Gasteiger partial charge in [0.25, 0.3) is 0 Å². The molecule has 106 valence electrons. The van der Waals surface area contributed by atoms with Crippen LogP contribution in [-0.2, 0) is 0 Å². The molecule has 2 rings (SSSR count). The second-order valence-corrected chi connectivity index (χ2v) is 6.29. The zero-order valence-corrected chi connectivity index (χ0v) is 13.1. The average molecular weight is 285 g/mol. The van der Waals surface area contributed by atoms with E-state index >= 15 is 0 Å². The monoisotopic (exact) mass is 285 g/mol. The molecule has 2 heteroatoms. The number of benzene rings is 2. The van der Waals surface area contributed by atoms with Gasteiger partial charge < -0.3 is 5.32 Å². The summed E-state index contributed by atoms with van der Waals surface area (Å²) in [7, 11) is 2.03. The first-order chi connectivity index (χ1) is 9.79. The zero-order chi connectivity index (χ0) is 14.2. The number of aryl methyl sites for hydroxylation is 1. The van der Waals surface area contributed by atoms with Crippen molar-refractivity contribution in [1.29, 1.82) is 0 Å². The predicted octanol–water partition coefficient (Wildman–Crippen LogP) is 4.48. The highest BCUT2D eigenvalue weighted by atomic mass is 32.2. The van der Waals surface area contributed by atoms with Crippen molar-refractivity contribution in [3.05, 3.63) is 65.7 Å². The molecule has 1 unspecified atom stereocenters. The van der Waals surface area contributed by atoms with Gasteiger partial charge in [0, 0.05) is 11.4 Å². The first-order valence-corrected chi connectivity index (χ1v) is 8.17. The van der Waals surface area contributed by atoms with E-state index < -0.39 is 0 Å². The number of rotatable bonds is 7. The lowest BCUT2D eigenvalue weighted by Crippen LogP contribution is -2.18. The first-order valence-electron chi connectivity index (χ1n) is 7.18. The van der Waals surface area contributed by atoms with Crippen LogP contribution < -0.4 is 5.32 Å². The van der Waals surface area contributed by atoms with Gasteiger partial charge in [0.15, 0.2) is 0 Å². The van der Waals surface area contributed by atoms with Crippen molar-refractivity contribution < 1.29 is 0 Å². The van der Waals surface area contributed by atoms with Crippen molar-refractivity contribution in [2.75, 3.05) is 19.3 Å². The highest BCUT2D eigenvalue weighted by molar-refractivity contribution is 7.99. The summed E-state index contributed by atoms with van der Waals surface area (Å²) in [4.78, 5) is 1.36. The van der Waals surface area contributed by atoms with Gasteiger partial charge in [-0.1, -0.05) is 48.0 Å². The summed E-state index contributed by atoms with van der Waals surface area (Å²) < 4.78 is 0. The molecule has 0 saturated heterocycles. The van der Waals surface area contributed by atoms with E-state index in [0.717, 1.165) is 12.3 Å². The molecule has 0 spiro atoms. The third kappa shape index (κ3) is 4.69. The summed E-state index contributed by atoms with van der Waals surface area (Å²) in [6.45, 7) is 3.21. The van der Waals surface area contributed by atoms with Crippen molar-refractivity contribution in [2.24, 2.45) is 0 Å². The van der Waals surface area contributed by atoms with Gasteiger partial charge in [-0.15, -0.1) is 11.8 Å². The molecule has 1 N–H and O–H groups in total. The molecule has 0 aliphatic carbocycles. The van der Waals surface area contributed by atoms with Crippen LogP contribution in [0.15, 0.2) is 59.5 Å². The zero-order valence-electron chi connectivity index (χ0n) is 12.3. The Morgan fingerprint density at radius 2 is 1.85 bits per heavy atom. The molecule has 0 radical (unpaired) electrons. The summed E-state index contributed by atoms with van der Waals surface area (Å²) in [6, 6.07) is 19.5. The highest BCUT2D eigenvalue weighted by Gasteiger charge is 2.10. The Morgan fingerprint density at radius 3 is 2.55 bits per heavy atom. The highest BCUT2D eigenvalue weighted by Crippen LogP contribution is 2.25.